The quantitative estimate of drug-likeness (QED) is 0.574. The Hall–Kier alpha value is -3.16. The maximum absolute atomic E-state index is 12.3. The molecular formula is C24H29N3O4. The third kappa shape index (κ3) is 7.55. The van der Waals surface area contributed by atoms with E-state index in [1.165, 1.54) is 17.7 Å². The molecule has 7 heteroatoms. The Morgan fingerprint density at radius 1 is 1.00 bits per heavy atom. The van der Waals surface area contributed by atoms with Crippen LogP contribution in [0.15, 0.2) is 60.7 Å². The molecule has 0 aromatic heterocycles. The zero-order valence-electron chi connectivity index (χ0n) is 17.5. The van der Waals surface area contributed by atoms with Crippen molar-refractivity contribution in [1.29, 1.82) is 0 Å². The van der Waals surface area contributed by atoms with E-state index in [1.54, 1.807) is 12.1 Å². The number of phenols is 1. The fraction of sp³-hybridized carbons (Fsp3) is 0.333. The molecule has 7 nitrogen and oxygen atoms in total. The number of aromatic hydroxyl groups is 1. The fourth-order valence-corrected chi connectivity index (χ4v) is 3.62. The molecule has 2 aromatic carbocycles. The molecule has 1 aliphatic heterocycles. The largest absolute Gasteiger partial charge is 0.508 e. The lowest BCUT2D eigenvalue weighted by Gasteiger charge is -2.35. The molecule has 164 valence electrons. The van der Waals surface area contributed by atoms with Crippen molar-refractivity contribution in [2.45, 2.75) is 6.42 Å². The highest BCUT2D eigenvalue weighted by Crippen LogP contribution is 2.17. The van der Waals surface area contributed by atoms with E-state index in [2.05, 4.69) is 39.4 Å². The third-order valence-corrected chi connectivity index (χ3v) is 5.33. The van der Waals surface area contributed by atoms with E-state index in [0.29, 0.717) is 12.2 Å². The van der Waals surface area contributed by atoms with Crippen molar-refractivity contribution >= 4 is 23.6 Å². The van der Waals surface area contributed by atoms with E-state index >= 15 is 0 Å². The Morgan fingerprint density at radius 2 is 1.71 bits per heavy atom. The molecule has 0 aliphatic carbocycles. The van der Waals surface area contributed by atoms with Gasteiger partial charge < -0.3 is 15.5 Å². The number of phenolic OH excluding ortho intramolecular Hbond substituents is 1. The summed E-state index contributed by atoms with van der Waals surface area (Å²) >= 11 is 0. The van der Waals surface area contributed by atoms with Crippen molar-refractivity contribution in [2.75, 3.05) is 44.6 Å². The molecule has 31 heavy (non-hydrogen) atoms. The van der Waals surface area contributed by atoms with Crippen LogP contribution < -0.4 is 5.32 Å². The maximum Gasteiger partial charge on any atom is 0.308 e. The van der Waals surface area contributed by atoms with Gasteiger partial charge in [-0.3, -0.25) is 19.4 Å². The van der Waals surface area contributed by atoms with Crippen molar-refractivity contribution in [3.05, 3.63) is 66.2 Å². The van der Waals surface area contributed by atoms with E-state index in [9.17, 15) is 19.8 Å². The number of amides is 1. The Bertz CT molecular complexity index is 893. The molecule has 0 spiro atoms. The third-order valence-electron chi connectivity index (χ3n) is 5.33. The summed E-state index contributed by atoms with van der Waals surface area (Å²) in [5.74, 6) is -2.08. The van der Waals surface area contributed by atoms with E-state index in [1.807, 2.05) is 18.2 Å². The molecule has 2 aromatic rings. The number of anilines is 1. The van der Waals surface area contributed by atoms with Gasteiger partial charge in [-0.2, -0.15) is 0 Å². The Kier molecular flexibility index (Phi) is 8.20. The first kappa shape index (κ1) is 22.5. The molecule has 1 aliphatic rings. The smallest absolute Gasteiger partial charge is 0.308 e. The molecule has 1 atom stereocenters. The first-order chi connectivity index (χ1) is 15.0. The number of nitrogens with one attached hydrogen (secondary N) is 1. The highest BCUT2D eigenvalue weighted by atomic mass is 16.4. The molecular weight excluding hydrogens is 394 g/mol. The summed E-state index contributed by atoms with van der Waals surface area (Å²) in [6.07, 6.45) is 4.15. The lowest BCUT2D eigenvalue weighted by molar-refractivity contribution is -0.144. The molecule has 1 fully saturated rings. The standard InChI is InChI=1S/C24H29N3O4/c28-22-10-4-9-21(17-22)25-23(29)16-20(24(30)31)18-27-14-12-26(13-15-27)11-5-8-19-6-2-1-3-7-19/h1-10,17,20,28H,11-16,18H2,(H,25,29)(H,30,31)/b8-5+/t20-/m1/s1. The van der Waals surface area contributed by atoms with Crippen LogP contribution in [0.5, 0.6) is 5.75 Å². The number of carboxylic acid groups (broad SMARTS) is 1. The second kappa shape index (κ2) is 11.3. The van der Waals surface area contributed by atoms with Gasteiger partial charge in [0.25, 0.3) is 0 Å². The first-order valence-electron chi connectivity index (χ1n) is 10.5. The summed E-state index contributed by atoms with van der Waals surface area (Å²) in [6, 6.07) is 16.4. The lowest BCUT2D eigenvalue weighted by atomic mass is 10.0. The number of rotatable bonds is 9. The van der Waals surface area contributed by atoms with Crippen LogP contribution in [0.3, 0.4) is 0 Å². The summed E-state index contributed by atoms with van der Waals surface area (Å²) in [7, 11) is 0. The van der Waals surface area contributed by atoms with E-state index in [-0.39, 0.29) is 18.1 Å². The highest BCUT2D eigenvalue weighted by molar-refractivity contribution is 5.93. The van der Waals surface area contributed by atoms with E-state index < -0.39 is 11.9 Å². The van der Waals surface area contributed by atoms with Crippen LogP contribution in [0.25, 0.3) is 6.08 Å². The van der Waals surface area contributed by atoms with E-state index in [4.69, 9.17) is 0 Å². The Labute approximate surface area is 182 Å². The minimum Gasteiger partial charge on any atom is -0.508 e. The van der Waals surface area contributed by atoms with Gasteiger partial charge in [0.1, 0.15) is 5.75 Å². The van der Waals surface area contributed by atoms with Gasteiger partial charge in [0.05, 0.1) is 5.92 Å². The van der Waals surface area contributed by atoms with Gasteiger partial charge >= 0.3 is 5.97 Å². The van der Waals surface area contributed by atoms with Gasteiger partial charge in [-0.1, -0.05) is 48.6 Å². The van der Waals surface area contributed by atoms with Crippen LogP contribution in [-0.2, 0) is 9.59 Å². The van der Waals surface area contributed by atoms with Crippen LogP contribution in [0.1, 0.15) is 12.0 Å². The first-order valence-corrected chi connectivity index (χ1v) is 10.5. The van der Waals surface area contributed by atoms with Gasteiger partial charge in [0, 0.05) is 57.4 Å². The Balaban J connectivity index is 1.43. The van der Waals surface area contributed by atoms with Gasteiger partial charge in [-0.25, -0.2) is 0 Å². The number of piperazine rings is 1. The normalized spacial score (nSPS) is 16.3. The molecule has 3 N–H and O–H groups in total. The van der Waals surface area contributed by atoms with Crippen LogP contribution in [-0.4, -0.2) is 71.2 Å². The van der Waals surface area contributed by atoms with Crippen molar-refractivity contribution in [3.63, 3.8) is 0 Å². The topological polar surface area (TPSA) is 93.1 Å². The van der Waals surface area contributed by atoms with Crippen molar-refractivity contribution in [3.8, 4) is 5.75 Å². The average molecular weight is 424 g/mol. The van der Waals surface area contributed by atoms with Gasteiger partial charge in [0.2, 0.25) is 5.91 Å². The second-order valence-electron chi connectivity index (χ2n) is 7.75. The zero-order valence-corrected chi connectivity index (χ0v) is 17.5. The number of carbonyl (C=O) groups excluding carboxylic acids is 1. The highest BCUT2D eigenvalue weighted by Gasteiger charge is 2.26. The van der Waals surface area contributed by atoms with Gasteiger partial charge in [-0.05, 0) is 17.7 Å². The molecule has 1 saturated heterocycles. The van der Waals surface area contributed by atoms with Crippen LogP contribution in [0, 0.1) is 5.92 Å². The number of benzene rings is 2. The zero-order chi connectivity index (χ0) is 22.1. The maximum atomic E-state index is 12.3. The summed E-state index contributed by atoms with van der Waals surface area (Å²) < 4.78 is 0. The monoisotopic (exact) mass is 423 g/mol. The van der Waals surface area contributed by atoms with Crippen molar-refractivity contribution in [1.82, 2.24) is 9.80 Å². The average Bonchev–Trinajstić information content (AvgIpc) is 2.75. The number of carbonyl (C=O) groups is 2. The minimum absolute atomic E-state index is 0.0454. The molecule has 1 amide bonds. The molecule has 0 bridgehead atoms. The summed E-state index contributed by atoms with van der Waals surface area (Å²) in [6.45, 7) is 4.48. The molecule has 1 heterocycles. The molecule has 3 rings (SSSR count). The number of hydrogen-bond donors (Lipinski definition) is 3. The van der Waals surface area contributed by atoms with Crippen LogP contribution in [0.2, 0.25) is 0 Å². The van der Waals surface area contributed by atoms with Crippen LogP contribution >= 0.6 is 0 Å². The Morgan fingerprint density at radius 3 is 2.39 bits per heavy atom. The van der Waals surface area contributed by atoms with Gasteiger partial charge in [0.15, 0.2) is 0 Å². The summed E-state index contributed by atoms with van der Waals surface area (Å²) in [5, 5.41) is 21.7. The fourth-order valence-electron chi connectivity index (χ4n) is 3.62. The molecule has 0 unspecified atom stereocenters. The summed E-state index contributed by atoms with van der Waals surface area (Å²) in [4.78, 5) is 28.4. The number of nitrogens with zero attached hydrogens (tertiary/aromatic N) is 2. The molecule has 0 radical (unpaired) electrons. The number of aliphatic carboxylic acids is 1. The number of carboxylic acids is 1. The van der Waals surface area contributed by atoms with Crippen LogP contribution in [0.4, 0.5) is 5.69 Å². The lowest BCUT2D eigenvalue weighted by Crippen LogP contribution is -2.48. The SMILES string of the molecule is O=C(C[C@H](CN1CCN(C/C=C/c2ccccc2)CC1)C(=O)O)Nc1cccc(O)c1. The predicted octanol–water partition coefficient (Wildman–Crippen LogP) is 2.75. The number of hydrogen-bond acceptors (Lipinski definition) is 5. The van der Waals surface area contributed by atoms with Crippen molar-refractivity contribution in [2.24, 2.45) is 5.92 Å². The van der Waals surface area contributed by atoms with Crippen molar-refractivity contribution < 1.29 is 19.8 Å². The van der Waals surface area contributed by atoms with Gasteiger partial charge in [-0.15, -0.1) is 0 Å². The predicted molar refractivity (Wildman–Crippen MR) is 121 cm³/mol. The van der Waals surface area contributed by atoms with E-state index in [0.717, 1.165) is 32.7 Å². The second-order valence-corrected chi connectivity index (χ2v) is 7.75. The minimum atomic E-state index is -0.973. The summed E-state index contributed by atoms with van der Waals surface area (Å²) in [5.41, 5.74) is 1.63. The molecule has 0 saturated carbocycles.